The summed E-state index contributed by atoms with van der Waals surface area (Å²) in [4.78, 5) is 26.1. The summed E-state index contributed by atoms with van der Waals surface area (Å²) in [5.74, 6) is 0.0386. The number of nitrogens with zero attached hydrogens (tertiary/aromatic N) is 4. The average molecular weight is 600 g/mol. The van der Waals surface area contributed by atoms with E-state index in [2.05, 4.69) is 10.3 Å². The zero-order chi connectivity index (χ0) is 30.8. The molecule has 0 amide bonds. The van der Waals surface area contributed by atoms with Crippen molar-refractivity contribution in [3.8, 4) is 17.1 Å². The van der Waals surface area contributed by atoms with Crippen LogP contribution in [0.3, 0.4) is 0 Å². The number of fused-ring (bicyclic) bond motifs is 2. The Kier molecular flexibility index (Phi) is 8.18. The molecular weight excluding hydrogens is 567 g/mol. The van der Waals surface area contributed by atoms with Crippen molar-refractivity contribution in [2.75, 3.05) is 12.4 Å². The summed E-state index contributed by atoms with van der Waals surface area (Å²) in [6.07, 6.45) is 1.35. The first-order valence-corrected chi connectivity index (χ1v) is 14.6. The van der Waals surface area contributed by atoms with Gasteiger partial charge in [0.15, 0.2) is 0 Å². The van der Waals surface area contributed by atoms with E-state index < -0.39 is 11.7 Å². The van der Waals surface area contributed by atoms with Gasteiger partial charge in [0.05, 0.1) is 63.1 Å². The molecular formula is C34H32F3N5O2. The zero-order valence-corrected chi connectivity index (χ0v) is 24.4. The molecule has 1 saturated carbocycles. The summed E-state index contributed by atoms with van der Waals surface area (Å²) in [7, 11) is 1.74. The second-order valence-electron chi connectivity index (χ2n) is 11.2. The number of aromatic nitrogens is 3. The van der Waals surface area contributed by atoms with E-state index in [0.717, 1.165) is 54.7 Å². The van der Waals surface area contributed by atoms with Gasteiger partial charge in [0.25, 0.3) is 0 Å². The lowest BCUT2D eigenvalue weighted by Gasteiger charge is -2.25. The van der Waals surface area contributed by atoms with Gasteiger partial charge in [-0.1, -0.05) is 12.1 Å². The number of hydrogen-bond acceptors (Lipinski definition) is 6. The minimum Gasteiger partial charge on any atom is -0.381 e. The second kappa shape index (κ2) is 12.2. The highest BCUT2D eigenvalue weighted by Crippen LogP contribution is 2.33. The number of carbonyl (C=O) groups is 1. The molecule has 226 valence electrons. The number of alkyl halides is 3. The molecule has 0 atom stereocenters. The fourth-order valence-corrected chi connectivity index (χ4v) is 5.75. The number of nitrogens with one attached hydrogen (secondary N) is 1. The van der Waals surface area contributed by atoms with Gasteiger partial charge < -0.3 is 14.6 Å². The van der Waals surface area contributed by atoms with Crippen molar-refractivity contribution in [3.05, 3.63) is 95.6 Å². The zero-order valence-electron chi connectivity index (χ0n) is 24.4. The SMILES string of the molecule is COC1CCC(N=c2cc3n(-c4ccc(C(F)(F)F)cc4)c4ccccc4nc-3cc2Nc2ccc(CC(C)=O)nc2)CC1. The number of benzene rings is 3. The van der Waals surface area contributed by atoms with E-state index in [0.29, 0.717) is 33.6 Å². The van der Waals surface area contributed by atoms with Gasteiger partial charge in [-0.05, 0) is 93.3 Å². The molecule has 2 aliphatic carbocycles. The molecule has 0 spiro atoms. The molecule has 44 heavy (non-hydrogen) atoms. The number of rotatable bonds is 7. The third-order valence-corrected chi connectivity index (χ3v) is 7.98. The molecule has 3 aromatic rings. The van der Waals surface area contributed by atoms with Crippen LogP contribution in [-0.2, 0) is 22.1 Å². The minimum absolute atomic E-state index is 0.0386. The van der Waals surface area contributed by atoms with Crippen molar-refractivity contribution in [3.63, 3.8) is 0 Å². The first kappa shape index (κ1) is 29.5. The van der Waals surface area contributed by atoms with Gasteiger partial charge in [-0.15, -0.1) is 0 Å². The predicted molar refractivity (Wildman–Crippen MR) is 163 cm³/mol. The number of pyridine rings is 1. The first-order valence-electron chi connectivity index (χ1n) is 14.6. The Morgan fingerprint density at radius 2 is 1.77 bits per heavy atom. The molecule has 3 aliphatic rings. The van der Waals surface area contributed by atoms with Crippen LogP contribution in [0.1, 0.15) is 43.9 Å². The van der Waals surface area contributed by atoms with Crippen molar-refractivity contribution in [2.24, 2.45) is 4.99 Å². The Balaban J connectivity index is 1.51. The summed E-state index contributed by atoms with van der Waals surface area (Å²) in [5, 5.41) is 4.16. The number of carbonyl (C=O) groups excluding carboxylic acids is 1. The van der Waals surface area contributed by atoms with Crippen LogP contribution in [0.4, 0.5) is 24.5 Å². The summed E-state index contributed by atoms with van der Waals surface area (Å²) >= 11 is 0. The number of para-hydroxylation sites is 2. The number of Topliss-reactive ketones (excluding diaryl/α,β-unsaturated/α-hetero) is 1. The normalized spacial score (nSPS) is 17.7. The van der Waals surface area contributed by atoms with Gasteiger partial charge in [-0.2, -0.15) is 13.2 Å². The van der Waals surface area contributed by atoms with Crippen molar-refractivity contribution < 1.29 is 22.7 Å². The van der Waals surface area contributed by atoms with Crippen LogP contribution in [-0.4, -0.2) is 39.6 Å². The Morgan fingerprint density at radius 3 is 2.43 bits per heavy atom. The third kappa shape index (κ3) is 6.35. The smallest absolute Gasteiger partial charge is 0.381 e. The Bertz CT molecular complexity index is 1820. The lowest BCUT2D eigenvalue weighted by molar-refractivity contribution is -0.137. The predicted octanol–water partition coefficient (Wildman–Crippen LogP) is 7.28. The van der Waals surface area contributed by atoms with Crippen LogP contribution in [0.25, 0.3) is 28.1 Å². The van der Waals surface area contributed by atoms with Crippen LogP contribution in [0.2, 0.25) is 0 Å². The first-order chi connectivity index (χ1) is 21.2. The van der Waals surface area contributed by atoms with Gasteiger partial charge in [0.2, 0.25) is 0 Å². The van der Waals surface area contributed by atoms with Crippen LogP contribution >= 0.6 is 0 Å². The van der Waals surface area contributed by atoms with E-state index in [1.807, 2.05) is 53.1 Å². The summed E-state index contributed by atoms with van der Waals surface area (Å²) in [6, 6.07) is 20.4. The van der Waals surface area contributed by atoms with Gasteiger partial charge in [0, 0.05) is 24.9 Å². The number of halogens is 3. The van der Waals surface area contributed by atoms with Crippen molar-refractivity contribution in [1.29, 1.82) is 0 Å². The highest BCUT2D eigenvalue weighted by atomic mass is 19.4. The van der Waals surface area contributed by atoms with Crippen molar-refractivity contribution in [1.82, 2.24) is 14.5 Å². The molecule has 2 aromatic carbocycles. The highest BCUT2D eigenvalue weighted by molar-refractivity contribution is 5.84. The van der Waals surface area contributed by atoms with E-state index in [9.17, 15) is 18.0 Å². The lowest BCUT2D eigenvalue weighted by Crippen LogP contribution is -2.25. The van der Waals surface area contributed by atoms with Crippen LogP contribution in [0.5, 0.6) is 0 Å². The molecule has 1 aliphatic heterocycles. The van der Waals surface area contributed by atoms with Gasteiger partial charge in [-0.3, -0.25) is 14.8 Å². The monoisotopic (exact) mass is 599 g/mol. The number of ether oxygens (including phenoxy) is 1. The number of hydrogen-bond donors (Lipinski definition) is 1. The Morgan fingerprint density at radius 1 is 1.02 bits per heavy atom. The van der Waals surface area contributed by atoms with Crippen LogP contribution in [0.15, 0.2) is 84.0 Å². The summed E-state index contributed by atoms with van der Waals surface area (Å²) in [6.45, 7) is 1.53. The largest absolute Gasteiger partial charge is 0.416 e. The van der Waals surface area contributed by atoms with Gasteiger partial charge >= 0.3 is 6.18 Å². The lowest BCUT2D eigenvalue weighted by atomic mass is 9.93. The molecule has 0 unspecified atom stereocenters. The molecule has 0 saturated heterocycles. The number of anilines is 2. The quantitative estimate of drug-likeness (QED) is 0.199. The highest BCUT2D eigenvalue weighted by Gasteiger charge is 2.30. The molecule has 10 heteroatoms. The van der Waals surface area contributed by atoms with E-state index >= 15 is 0 Å². The molecule has 1 aromatic heterocycles. The van der Waals surface area contributed by atoms with E-state index in [4.69, 9.17) is 14.7 Å². The molecule has 0 bridgehead atoms. The van der Waals surface area contributed by atoms with Crippen LogP contribution in [0, 0.1) is 0 Å². The topological polar surface area (TPSA) is 81.4 Å². The molecule has 1 N–H and O–H groups in total. The maximum absolute atomic E-state index is 13.4. The third-order valence-electron chi connectivity index (χ3n) is 7.98. The Labute approximate surface area is 252 Å². The maximum Gasteiger partial charge on any atom is 0.416 e. The molecule has 1 fully saturated rings. The minimum atomic E-state index is -4.43. The molecule has 0 radical (unpaired) electrons. The second-order valence-corrected chi connectivity index (χ2v) is 11.2. The Hall–Kier alpha value is -4.57. The van der Waals surface area contributed by atoms with E-state index in [1.165, 1.54) is 19.1 Å². The van der Waals surface area contributed by atoms with E-state index in [1.54, 1.807) is 13.3 Å². The van der Waals surface area contributed by atoms with Crippen LogP contribution < -0.4 is 10.7 Å². The average Bonchev–Trinajstić information content (AvgIpc) is 3.01. The molecule has 6 rings (SSSR count). The molecule has 2 heterocycles. The molecule has 7 nitrogen and oxygen atoms in total. The summed E-state index contributed by atoms with van der Waals surface area (Å²) in [5.41, 5.74) is 4.85. The van der Waals surface area contributed by atoms with E-state index in [-0.39, 0.29) is 24.3 Å². The fraction of sp³-hybridized carbons (Fsp3) is 0.294. The number of methoxy groups -OCH3 is 1. The van der Waals surface area contributed by atoms with Crippen molar-refractivity contribution >= 4 is 28.2 Å². The number of ketones is 1. The summed E-state index contributed by atoms with van der Waals surface area (Å²) < 4.78 is 47.6. The maximum atomic E-state index is 13.4. The van der Waals surface area contributed by atoms with Gasteiger partial charge in [-0.25, -0.2) is 4.98 Å². The standard InChI is InChI=1S/C34H32F3N5O2/c1-21(43)17-24-9-10-25(20-38-24)40-29-18-31-33(19-30(29)39-23-11-15-27(44-2)16-12-23)42(32-6-4-3-5-28(32)41-31)26-13-7-22(8-14-26)34(35,36)37/h3-10,13-14,18-20,23,27,40H,11-12,15-17H2,1-2H3. The fourth-order valence-electron chi connectivity index (χ4n) is 5.75. The van der Waals surface area contributed by atoms with Gasteiger partial charge in [0.1, 0.15) is 5.78 Å². The van der Waals surface area contributed by atoms with Crippen molar-refractivity contribution in [2.45, 2.75) is 57.3 Å².